The fourth-order valence-electron chi connectivity index (χ4n) is 2.75. The Labute approximate surface area is 187 Å². The Kier molecular flexibility index (Phi) is 6.84. The molecule has 11 nitrogen and oxygen atoms in total. The molecular formula is C22H17N5O6. The number of aryl methyl sites for hydroxylation is 1. The van der Waals surface area contributed by atoms with E-state index in [1.807, 2.05) is 19.1 Å². The Hall–Kier alpha value is -4.93. The van der Waals surface area contributed by atoms with Gasteiger partial charge in [0.1, 0.15) is 0 Å². The topological polar surface area (TPSA) is 157 Å². The Morgan fingerprint density at radius 2 is 1.45 bits per heavy atom. The first-order chi connectivity index (χ1) is 15.7. The molecule has 2 N–H and O–H groups in total. The van der Waals surface area contributed by atoms with Crippen molar-refractivity contribution < 1.29 is 19.4 Å². The van der Waals surface area contributed by atoms with Crippen molar-refractivity contribution in [2.45, 2.75) is 6.92 Å². The summed E-state index contributed by atoms with van der Waals surface area (Å²) in [5.41, 5.74) is 3.52. The Morgan fingerprint density at radius 3 is 2.06 bits per heavy atom. The number of hydrazone groups is 1. The number of non-ortho nitro benzene ring substituents is 1. The molecule has 0 bridgehead atoms. The minimum absolute atomic E-state index is 0.0138. The van der Waals surface area contributed by atoms with Gasteiger partial charge in [-0.25, -0.2) is 5.43 Å². The monoisotopic (exact) mass is 447 g/mol. The van der Waals surface area contributed by atoms with Crippen LogP contribution in [0.25, 0.3) is 0 Å². The van der Waals surface area contributed by atoms with Crippen LogP contribution in [0.15, 0.2) is 71.8 Å². The average molecular weight is 447 g/mol. The number of carbonyl (C=O) groups is 2. The maximum absolute atomic E-state index is 12.3. The highest BCUT2D eigenvalue weighted by atomic mass is 16.6. The molecule has 3 aromatic rings. The molecule has 0 radical (unpaired) electrons. The Bertz CT molecular complexity index is 1250. The van der Waals surface area contributed by atoms with Gasteiger partial charge in [0, 0.05) is 22.9 Å². The lowest BCUT2D eigenvalue weighted by Gasteiger charge is -2.06. The lowest BCUT2D eigenvalue weighted by molar-refractivity contribution is -0.394. The van der Waals surface area contributed by atoms with Gasteiger partial charge in [0.05, 0.1) is 27.7 Å². The number of nitrogens with zero attached hydrogens (tertiary/aromatic N) is 3. The van der Waals surface area contributed by atoms with Gasteiger partial charge in [-0.2, -0.15) is 5.10 Å². The first kappa shape index (κ1) is 22.7. The van der Waals surface area contributed by atoms with Crippen molar-refractivity contribution in [2.75, 3.05) is 5.32 Å². The molecule has 2 amide bonds. The van der Waals surface area contributed by atoms with E-state index in [0.29, 0.717) is 11.3 Å². The summed E-state index contributed by atoms with van der Waals surface area (Å²) < 4.78 is 0. The molecule has 11 heteroatoms. The van der Waals surface area contributed by atoms with E-state index < -0.39 is 27.1 Å². The van der Waals surface area contributed by atoms with Crippen molar-refractivity contribution in [1.82, 2.24) is 5.43 Å². The van der Waals surface area contributed by atoms with E-state index in [2.05, 4.69) is 15.8 Å². The second kappa shape index (κ2) is 9.92. The molecule has 3 rings (SSSR count). The van der Waals surface area contributed by atoms with Gasteiger partial charge >= 0.3 is 0 Å². The summed E-state index contributed by atoms with van der Waals surface area (Å²) in [6, 6.07) is 16.2. The Morgan fingerprint density at radius 1 is 0.848 bits per heavy atom. The number of anilines is 1. The number of carbonyl (C=O) groups excluding carboxylic acids is 2. The molecule has 33 heavy (non-hydrogen) atoms. The SMILES string of the molecule is Cc1ccc(C(=O)Nc2ccc(C(=O)N/N=C\c3ccc([N+](=O)[O-])cc3[N+](=O)[O-])cc2)cc1. The van der Waals surface area contributed by atoms with Crippen molar-refractivity contribution in [3.8, 4) is 0 Å². The third-order valence-electron chi connectivity index (χ3n) is 4.51. The molecule has 3 aromatic carbocycles. The summed E-state index contributed by atoms with van der Waals surface area (Å²) >= 11 is 0. The van der Waals surface area contributed by atoms with Gasteiger partial charge in [0.25, 0.3) is 23.2 Å². The number of hydrogen-bond donors (Lipinski definition) is 2. The number of nitrogens with one attached hydrogen (secondary N) is 2. The van der Waals surface area contributed by atoms with E-state index in [4.69, 9.17) is 0 Å². The van der Waals surface area contributed by atoms with Gasteiger partial charge < -0.3 is 5.32 Å². The smallest absolute Gasteiger partial charge is 0.285 e. The van der Waals surface area contributed by atoms with Gasteiger partial charge in [-0.3, -0.25) is 29.8 Å². The average Bonchev–Trinajstić information content (AvgIpc) is 2.79. The minimum Gasteiger partial charge on any atom is -0.322 e. The van der Waals surface area contributed by atoms with Crippen LogP contribution < -0.4 is 10.7 Å². The molecule has 0 aliphatic heterocycles. The van der Waals surface area contributed by atoms with Gasteiger partial charge in [-0.05, 0) is 49.4 Å². The molecule has 0 spiro atoms. The summed E-state index contributed by atoms with van der Waals surface area (Å²) in [6.07, 6.45) is 1.02. The fourth-order valence-corrected chi connectivity index (χ4v) is 2.75. The van der Waals surface area contributed by atoms with Crippen LogP contribution in [0.4, 0.5) is 17.1 Å². The second-order valence-corrected chi connectivity index (χ2v) is 6.85. The summed E-state index contributed by atoms with van der Waals surface area (Å²) in [5, 5.41) is 28.3. The maximum atomic E-state index is 12.3. The summed E-state index contributed by atoms with van der Waals surface area (Å²) in [5.74, 6) is -0.881. The van der Waals surface area contributed by atoms with Crippen molar-refractivity contribution in [3.63, 3.8) is 0 Å². The summed E-state index contributed by atoms with van der Waals surface area (Å²) in [6.45, 7) is 1.92. The van der Waals surface area contributed by atoms with Crippen molar-refractivity contribution in [3.05, 3.63) is 109 Å². The molecule has 0 aliphatic carbocycles. The molecular weight excluding hydrogens is 430 g/mol. The van der Waals surface area contributed by atoms with E-state index >= 15 is 0 Å². The van der Waals surface area contributed by atoms with E-state index in [0.717, 1.165) is 30.0 Å². The minimum atomic E-state index is -0.778. The van der Waals surface area contributed by atoms with Crippen LogP contribution in [0, 0.1) is 27.2 Å². The maximum Gasteiger partial charge on any atom is 0.285 e. The number of rotatable bonds is 7. The lowest BCUT2D eigenvalue weighted by Crippen LogP contribution is -2.18. The van der Waals surface area contributed by atoms with Crippen LogP contribution in [0.2, 0.25) is 0 Å². The zero-order chi connectivity index (χ0) is 24.0. The first-order valence-corrected chi connectivity index (χ1v) is 9.49. The highest BCUT2D eigenvalue weighted by Crippen LogP contribution is 2.23. The van der Waals surface area contributed by atoms with Crippen molar-refractivity contribution in [2.24, 2.45) is 5.10 Å². The standard InChI is InChI=1S/C22H17N5O6/c1-14-2-4-15(5-3-14)21(28)24-18-9-6-16(7-10-18)22(29)25-23-13-17-8-11-19(26(30)31)12-20(17)27(32)33/h2-13H,1H3,(H,24,28)(H,25,29)/b23-13-. The predicted molar refractivity (Wildman–Crippen MR) is 120 cm³/mol. The fraction of sp³-hybridized carbons (Fsp3) is 0.0455. The zero-order valence-electron chi connectivity index (χ0n) is 17.2. The highest BCUT2D eigenvalue weighted by Gasteiger charge is 2.18. The van der Waals surface area contributed by atoms with E-state index in [1.165, 1.54) is 12.1 Å². The van der Waals surface area contributed by atoms with Crippen LogP contribution >= 0.6 is 0 Å². The van der Waals surface area contributed by atoms with Gasteiger partial charge in [0.2, 0.25) is 0 Å². The molecule has 166 valence electrons. The van der Waals surface area contributed by atoms with Crippen LogP contribution in [0.5, 0.6) is 0 Å². The third kappa shape index (κ3) is 5.82. The van der Waals surface area contributed by atoms with Gasteiger partial charge in [-0.15, -0.1) is 0 Å². The predicted octanol–water partition coefficient (Wildman–Crippen LogP) is 3.83. The van der Waals surface area contributed by atoms with E-state index in [9.17, 15) is 29.8 Å². The largest absolute Gasteiger partial charge is 0.322 e. The lowest BCUT2D eigenvalue weighted by atomic mass is 10.1. The third-order valence-corrected chi connectivity index (χ3v) is 4.51. The van der Waals surface area contributed by atoms with E-state index in [1.54, 1.807) is 24.3 Å². The highest BCUT2D eigenvalue weighted by molar-refractivity contribution is 6.04. The van der Waals surface area contributed by atoms with Crippen LogP contribution in [-0.2, 0) is 0 Å². The Balaban J connectivity index is 1.63. The molecule has 0 atom stereocenters. The number of nitro groups is 2. The van der Waals surface area contributed by atoms with Crippen LogP contribution in [0.3, 0.4) is 0 Å². The number of amides is 2. The summed E-state index contributed by atoms with van der Waals surface area (Å²) in [4.78, 5) is 44.9. The molecule has 0 heterocycles. The van der Waals surface area contributed by atoms with Gasteiger partial charge in [-0.1, -0.05) is 17.7 Å². The number of benzene rings is 3. The molecule has 0 saturated heterocycles. The molecule has 0 fully saturated rings. The zero-order valence-corrected chi connectivity index (χ0v) is 17.2. The summed E-state index contributed by atoms with van der Waals surface area (Å²) in [7, 11) is 0. The molecule has 0 unspecified atom stereocenters. The molecule has 0 saturated carbocycles. The van der Waals surface area contributed by atoms with Crippen molar-refractivity contribution in [1.29, 1.82) is 0 Å². The molecule has 0 aliphatic rings. The quantitative estimate of drug-likeness (QED) is 0.318. The van der Waals surface area contributed by atoms with Crippen molar-refractivity contribution >= 4 is 35.1 Å². The molecule has 0 aromatic heterocycles. The number of nitro benzene ring substituents is 2. The second-order valence-electron chi connectivity index (χ2n) is 6.85. The van der Waals surface area contributed by atoms with Crippen LogP contribution in [0.1, 0.15) is 31.8 Å². The van der Waals surface area contributed by atoms with Gasteiger partial charge in [0.15, 0.2) is 0 Å². The van der Waals surface area contributed by atoms with E-state index in [-0.39, 0.29) is 17.0 Å². The number of hydrogen-bond acceptors (Lipinski definition) is 7. The first-order valence-electron chi connectivity index (χ1n) is 9.49. The normalized spacial score (nSPS) is 10.6. The van der Waals surface area contributed by atoms with Crippen LogP contribution in [-0.4, -0.2) is 27.9 Å².